The molecule has 0 bridgehead atoms. The molecule has 0 saturated carbocycles. The van der Waals surface area contributed by atoms with Crippen LogP contribution in [-0.4, -0.2) is 24.3 Å². The number of pyridine rings is 1. The van der Waals surface area contributed by atoms with Gasteiger partial charge in [0.05, 0.1) is 5.69 Å². The van der Waals surface area contributed by atoms with Gasteiger partial charge in [0, 0.05) is 29.6 Å². The lowest BCUT2D eigenvalue weighted by Crippen LogP contribution is -2.32. The van der Waals surface area contributed by atoms with Crippen LogP contribution in [0.25, 0.3) is 11.6 Å². The van der Waals surface area contributed by atoms with Gasteiger partial charge in [-0.1, -0.05) is 35.9 Å². The van der Waals surface area contributed by atoms with Crippen molar-refractivity contribution in [1.82, 2.24) is 10.3 Å². The second-order valence-electron chi connectivity index (χ2n) is 8.15. The molecule has 30 heavy (non-hydrogen) atoms. The molecule has 4 rings (SSSR count). The molecular weight excluding hydrogens is 390 g/mol. The highest BCUT2D eigenvalue weighted by molar-refractivity contribution is 6.30. The third-order valence-electron chi connectivity index (χ3n) is 6.17. The number of hydrogen-bond donors (Lipinski definition) is 1. The number of unbranched alkanes of at least 4 members (excludes halogenated alkanes) is 1. The topological polar surface area (TPSA) is 37.3 Å². The van der Waals surface area contributed by atoms with Gasteiger partial charge in [-0.15, -0.1) is 0 Å². The summed E-state index contributed by atoms with van der Waals surface area (Å²) in [7, 11) is 0. The van der Waals surface area contributed by atoms with Crippen molar-refractivity contribution in [1.29, 1.82) is 0 Å². The van der Waals surface area contributed by atoms with Crippen LogP contribution >= 0.6 is 11.6 Å². The molecule has 4 heteroatoms. The van der Waals surface area contributed by atoms with Crippen LogP contribution < -0.4 is 5.32 Å². The molecule has 2 heterocycles. The summed E-state index contributed by atoms with van der Waals surface area (Å²) in [4.78, 5) is 9.24. The number of benzene rings is 1. The average Bonchev–Trinajstić information content (AvgIpc) is 2.91. The molecule has 3 nitrogen and oxygen atoms in total. The molecule has 1 atom stereocenters. The van der Waals surface area contributed by atoms with E-state index < -0.39 is 0 Å². The van der Waals surface area contributed by atoms with Crippen LogP contribution in [-0.2, 0) is 0 Å². The molecule has 2 aliphatic rings. The number of halogens is 1. The Morgan fingerprint density at radius 1 is 1.23 bits per heavy atom. The summed E-state index contributed by atoms with van der Waals surface area (Å²) >= 11 is 6.42. The van der Waals surface area contributed by atoms with E-state index in [1.54, 1.807) is 0 Å². The second kappa shape index (κ2) is 10.2. The number of aliphatic imine (C=N–C) groups is 1. The number of hydrogen-bond acceptors (Lipinski definition) is 3. The van der Waals surface area contributed by atoms with E-state index in [0.717, 1.165) is 37.4 Å². The van der Waals surface area contributed by atoms with E-state index in [2.05, 4.69) is 40.7 Å². The Labute approximate surface area is 185 Å². The van der Waals surface area contributed by atoms with Gasteiger partial charge in [0.2, 0.25) is 0 Å². The van der Waals surface area contributed by atoms with E-state index >= 15 is 0 Å². The van der Waals surface area contributed by atoms with Crippen molar-refractivity contribution in [3.8, 4) is 0 Å². The van der Waals surface area contributed by atoms with E-state index in [-0.39, 0.29) is 0 Å². The summed E-state index contributed by atoms with van der Waals surface area (Å²) in [5.41, 5.74) is 6.52. The third kappa shape index (κ3) is 4.74. The largest absolute Gasteiger partial charge is 0.317 e. The van der Waals surface area contributed by atoms with E-state index in [1.165, 1.54) is 40.8 Å². The highest BCUT2D eigenvalue weighted by Gasteiger charge is 2.32. The molecule has 1 aromatic carbocycles. The zero-order valence-corrected chi connectivity index (χ0v) is 18.4. The second-order valence-corrected chi connectivity index (χ2v) is 8.59. The molecule has 1 fully saturated rings. The summed E-state index contributed by atoms with van der Waals surface area (Å²) in [5, 5.41) is 4.31. The van der Waals surface area contributed by atoms with Crippen molar-refractivity contribution < 1.29 is 0 Å². The Balaban J connectivity index is 1.72. The lowest BCUT2D eigenvalue weighted by molar-refractivity contribution is 0.339. The van der Waals surface area contributed by atoms with Crippen molar-refractivity contribution in [2.75, 3.05) is 13.1 Å². The quantitative estimate of drug-likeness (QED) is 0.428. The summed E-state index contributed by atoms with van der Waals surface area (Å²) < 4.78 is 0. The maximum Gasteiger partial charge on any atom is 0.0556 e. The normalized spacial score (nSPS) is 19.5. The molecule has 0 amide bonds. The number of aromatic nitrogens is 1. The van der Waals surface area contributed by atoms with Crippen LogP contribution in [0.1, 0.15) is 67.3 Å². The number of allylic oxidation sites excluding steroid dienone is 2. The Morgan fingerprint density at radius 3 is 2.93 bits per heavy atom. The lowest BCUT2D eigenvalue weighted by atomic mass is 9.76. The molecule has 1 unspecified atom stereocenters. The van der Waals surface area contributed by atoms with Crippen molar-refractivity contribution in [3.05, 3.63) is 76.2 Å². The molecule has 0 spiro atoms. The Morgan fingerprint density at radius 2 is 2.10 bits per heavy atom. The molecule has 1 aromatic heterocycles. The summed E-state index contributed by atoms with van der Waals surface area (Å²) in [6.45, 7) is 4.15. The van der Waals surface area contributed by atoms with Gasteiger partial charge in [0.15, 0.2) is 0 Å². The van der Waals surface area contributed by atoms with Gasteiger partial charge in [-0.2, -0.15) is 0 Å². The number of rotatable bonds is 6. The first-order valence-corrected chi connectivity index (χ1v) is 11.4. The number of nitrogens with zero attached hydrogens (tertiary/aromatic N) is 2. The Hall–Kier alpha value is -2.23. The number of fused-ring (bicyclic) bond motifs is 2. The fourth-order valence-electron chi connectivity index (χ4n) is 4.77. The smallest absolute Gasteiger partial charge is 0.0556 e. The van der Waals surface area contributed by atoms with E-state index in [4.69, 9.17) is 16.6 Å². The third-order valence-corrected chi connectivity index (χ3v) is 6.40. The minimum Gasteiger partial charge on any atom is -0.317 e. The van der Waals surface area contributed by atoms with Crippen LogP contribution in [0.4, 0.5) is 0 Å². The monoisotopic (exact) mass is 419 g/mol. The van der Waals surface area contributed by atoms with Crippen molar-refractivity contribution >= 4 is 29.5 Å². The molecule has 1 aliphatic heterocycles. The van der Waals surface area contributed by atoms with Crippen molar-refractivity contribution in [3.63, 3.8) is 0 Å². The zero-order chi connectivity index (χ0) is 20.8. The standard InChI is InChI=1S/C26H30ClN3/c1-2-12-28-13-4-3-6-20-17-21-18-22(27)8-9-23(21)25(19-10-15-29-16-11-19)26-24(20)7-5-14-30-26/h2,5,7-9,12-14,17-19,25,29H,3-4,6,10-11,15-16H2,1H3/b12-2-,28-13-. The highest BCUT2D eigenvalue weighted by atomic mass is 35.5. The molecule has 156 valence electrons. The maximum absolute atomic E-state index is 6.42. The minimum absolute atomic E-state index is 0.320. The molecule has 1 N–H and O–H groups in total. The zero-order valence-electron chi connectivity index (χ0n) is 17.7. The van der Waals surface area contributed by atoms with E-state index in [0.29, 0.717) is 11.8 Å². The van der Waals surface area contributed by atoms with Crippen molar-refractivity contribution in [2.45, 2.75) is 44.9 Å². The fraction of sp³-hybridized carbons (Fsp3) is 0.385. The molecule has 0 radical (unpaired) electrons. The van der Waals surface area contributed by atoms with Crippen LogP contribution in [0.15, 0.2) is 53.8 Å². The first-order chi connectivity index (χ1) is 14.8. The summed E-state index contributed by atoms with van der Waals surface area (Å²) in [6, 6.07) is 10.7. The fourth-order valence-corrected chi connectivity index (χ4v) is 4.95. The molecule has 2 aromatic rings. The van der Waals surface area contributed by atoms with Gasteiger partial charge < -0.3 is 5.32 Å². The van der Waals surface area contributed by atoms with Gasteiger partial charge in [0.25, 0.3) is 0 Å². The first-order valence-electron chi connectivity index (χ1n) is 11.1. The average molecular weight is 420 g/mol. The van der Waals surface area contributed by atoms with Crippen LogP contribution in [0.5, 0.6) is 0 Å². The minimum atomic E-state index is 0.320. The number of nitrogens with one attached hydrogen (secondary N) is 1. The number of piperidine rings is 1. The van der Waals surface area contributed by atoms with Gasteiger partial charge in [-0.3, -0.25) is 9.98 Å². The van der Waals surface area contributed by atoms with Crippen LogP contribution in [0, 0.1) is 5.92 Å². The maximum atomic E-state index is 6.42. The lowest BCUT2D eigenvalue weighted by Gasteiger charge is -2.32. The predicted molar refractivity (Wildman–Crippen MR) is 128 cm³/mol. The highest BCUT2D eigenvalue weighted by Crippen LogP contribution is 2.44. The molecule has 1 aliphatic carbocycles. The van der Waals surface area contributed by atoms with E-state index in [1.807, 2.05) is 37.7 Å². The summed E-state index contributed by atoms with van der Waals surface area (Å²) in [6.07, 6.45) is 15.5. The van der Waals surface area contributed by atoms with E-state index in [9.17, 15) is 0 Å². The van der Waals surface area contributed by atoms with Crippen LogP contribution in [0.3, 0.4) is 0 Å². The van der Waals surface area contributed by atoms with Crippen LogP contribution in [0.2, 0.25) is 5.02 Å². The predicted octanol–water partition coefficient (Wildman–Crippen LogP) is 6.50. The molecular formula is C26H30ClN3. The summed E-state index contributed by atoms with van der Waals surface area (Å²) in [5.74, 6) is 0.918. The van der Waals surface area contributed by atoms with Gasteiger partial charge in [-0.05, 0) is 98.5 Å². The first kappa shape index (κ1) is 21.0. The molecule has 1 saturated heterocycles. The Kier molecular flexibility index (Phi) is 7.14. The van der Waals surface area contributed by atoms with Gasteiger partial charge >= 0.3 is 0 Å². The van der Waals surface area contributed by atoms with Crippen molar-refractivity contribution in [2.24, 2.45) is 10.9 Å². The Bertz CT molecular complexity index is 955. The van der Waals surface area contributed by atoms with Gasteiger partial charge in [-0.25, -0.2) is 0 Å². The van der Waals surface area contributed by atoms with Gasteiger partial charge in [0.1, 0.15) is 0 Å². The SMILES string of the molecule is C/C=C\N=C/CCCC1=Cc2cc(Cl)ccc2C(C2CCNCC2)c2ncccc21.